The summed E-state index contributed by atoms with van der Waals surface area (Å²) in [5.41, 5.74) is -0.340. The smallest absolute Gasteiger partial charge is 0.340 e. The summed E-state index contributed by atoms with van der Waals surface area (Å²) in [6.45, 7) is 0.896. The first kappa shape index (κ1) is 22.7. The highest BCUT2D eigenvalue weighted by Gasteiger charge is 2.40. The zero-order chi connectivity index (χ0) is 23.1. The first-order valence-corrected chi connectivity index (χ1v) is 9.38. The normalized spacial score (nSPS) is 14.2. The molecule has 0 saturated carbocycles. The topological polar surface area (TPSA) is 80.2 Å². The minimum Gasteiger partial charge on any atom is -0.340 e. The summed E-state index contributed by atoms with van der Waals surface area (Å²) < 4.78 is 65.8. The average molecular weight is 464 g/mol. The quantitative estimate of drug-likeness (QED) is 0.401. The Hall–Kier alpha value is -2.95. The molecule has 0 aliphatic carbocycles. The van der Waals surface area contributed by atoms with Crippen molar-refractivity contribution in [3.05, 3.63) is 51.8 Å². The van der Waals surface area contributed by atoms with E-state index in [1.807, 2.05) is 0 Å². The highest BCUT2D eigenvalue weighted by Crippen LogP contribution is 2.34. The van der Waals surface area contributed by atoms with Crippen molar-refractivity contribution < 1.29 is 36.3 Å². The lowest BCUT2D eigenvalue weighted by molar-refractivity contribution is -0.156. The monoisotopic (exact) mass is 463 g/mol. The predicted molar refractivity (Wildman–Crippen MR) is 100 cm³/mol. The summed E-state index contributed by atoms with van der Waals surface area (Å²) in [4.78, 5) is 37.4. The van der Waals surface area contributed by atoms with Crippen molar-refractivity contribution in [2.45, 2.75) is 38.5 Å². The first-order chi connectivity index (χ1) is 14.4. The van der Waals surface area contributed by atoms with E-state index in [0.717, 1.165) is 18.2 Å². The van der Waals surface area contributed by atoms with Crippen LogP contribution in [0.4, 0.5) is 27.6 Å². The molecule has 6 nitrogen and oxygen atoms in total. The number of carbonyl (C=O) groups is 3. The van der Waals surface area contributed by atoms with Crippen molar-refractivity contribution >= 4 is 34.9 Å². The molecule has 2 aromatic rings. The van der Waals surface area contributed by atoms with Crippen LogP contribution >= 0.6 is 11.6 Å². The number of nitrogens with one attached hydrogen (secondary N) is 2. The fourth-order valence-corrected chi connectivity index (χ4v) is 3.60. The standard InChI is InChI=1S/C19H15ClF5N3O3/c1-8(19(23,24)25)26-18(31)16(29)15-14(20)13(12-3-2-6-28(12)15)17(30)27-9-4-5-10(21)11(22)7-9/h4-5,7-8H,2-3,6H2,1H3,(H,26,31)(H,27,30). The fraction of sp³-hybridized carbons (Fsp3) is 0.316. The van der Waals surface area contributed by atoms with Crippen molar-refractivity contribution in [3.63, 3.8) is 0 Å². The minimum absolute atomic E-state index is 0.0810. The van der Waals surface area contributed by atoms with Gasteiger partial charge in [-0.15, -0.1) is 0 Å². The molecule has 166 valence electrons. The van der Waals surface area contributed by atoms with Gasteiger partial charge in [0.15, 0.2) is 11.6 Å². The van der Waals surface area contributed by atoms with E-state index in [-0.39, 0.29) is 17.8 Å². The van der Waals surface area contributed by atoms with Gasteiger partial charge in [-0.25, -0.2) is 8.78 Å². The molecular weight excluding hydrogens is 449 g/mol. The molecule has 0 radical (unpaired) electrons. The molecule has 31 heavy (non-hydrogen) atoms. The Bertz CT molecular complexity index is 1080. The van der Waals surface area contributed by atoms with Gasteiger partial charge in [0.2, 0.25) is 0 Å². The molecule has 0 bridgehead atoms. The van der Waals surface area contributed by atoms with Crippen molar-refractivity contribution in [1.82, 2.24) is 9.88 Å². The summed E-state index contributed by atoms with van der Waals surface area (Å²) in [5.74, 6) is -6.00. The summed E-state index contributed by atoms with van der Waals surface area (Å²) in [5, 5.41) is 3.48. The SMILES string of the molecule is CC(NC(=O)C(=O)c1c(Cl)c(C(=O)Nc2ccc(F)c(F)c2)c2n1CCC2)C(F)(F)F. The summed E-state index contributed by atoms with van der Waals surface area (Å²) >= 11 is 6.19. The largest absolute Gasteiger partial charge is 0.408 e. The van der Waals surface area contributed by atoms with E-state index in [9.17, 15) is 36.3 Å². The number of halogens is 6. The highest BCUT2D eigenvalue weighted by atomic mass is 35.5. The number of Topliss-reactive ketones (excluding diaryl/α,β-unsaturated/α-hetero) is 1. The number of benzene rings is 1. The zero-order valence-corrected chi connectivity index (χ0v) is 16.6. The number of hydrogen-bond donors (Lipinski definition) is 2. The van der Waals surface area contributed by atoms with E-state index < -0.39 is 52.2 Å². The maximum atomic E-state index is 13.4. The maximum Gasteiger partial charge on any atom is 0.408 e. The van der Waals surface area contributed by atoms with E-state index >= 15 is 0 Å². The number of rotatable bonds is 5. The maximum absolute atomic E-state index is 13.4. The van der Waals surface area contributed by atoms with Gasteiger partial charge in [0.1, 0.15) is 11.7 Å². The molecular formula is C19H15ClF5N3O3. The van der Waals surface area contributed by atoms with E-state index in [2.05, 4.69) is 5.32 Å². The summed E-state index contributed by atoms with van der Waals surface area (Å²) in [7, 11) is 0. The fourth-order valence-electron chi connectivity index (χ4n) is 3.22. The second-order valence-corrected chi connectivity index (χ2v) is 7.27. The molecule has 0 fully saturated rings. The van der Waals surface area contributed by atoms with Gasteiger partial charge in [-0.2, -0.15) is 13.2 Å². The first-order valence-electron chi connectivity index (χ1n) is 9.01. The van der Waals surface area contributed by atoms with E-state index in [0.29, 0.717) is 25.5 Å². The van der Waals surface area contributed by atoms with Crippen molar-refractivity contribution in [1.29, 1.82) is 0 Å². The van der Waals surface area contributed by atoms with Crippen LogP contribution in [0.15, 0.2) is 18.2 Å². The molecule has 2 amide bonds. The van der Waals surface area contributed by atoms with Gasteiger partial charge in [-0.1, -0.05) is 11.6 Å². The molecule has 0 spiro atoms. The Balaban J connectivity index is 1.91. The third kappa shape index (κ3) is 4.41. The Kier molecular flexibility index (Phi) is 6.08. The minimum atomic E-state index is -4.75. The van der Waals surface area contributed by atoms with Crippen LogP contribution in [0.2, 0.25) is 5.02 Å². The predicted octanol–water partition coefficient (Wildman–Crippen LogP) is 3.87. The number of alkyl halides is 3. The van der Waals surface area contributed by atoms with Crippen LogP contribution in [0.3, 0.4) is 0 Å². The van der Waals surface area contributed by atoms with Crippen LogP contribution < -0.4 is 10.6 Å². The number of anilines is 1. The van der Waals surface area contributed by atoms with Crippen molar-refractivity contribution in [3.8, 4) is 0 Å². The second-order valence-electron chi connectivity index (χ2n) is 6.89. The van der Waals surface area contributed by atoms with Gasteiger partial charge >= 0.3 is 6.18 Å². The van der Waals surface area contributed by atoms with Gasteiger partial charge in [-0.05, 0) is 31.9 Å². The number of ketones is 1. The van der Waals surface area contributed by atoms with Crippen LogP contribution in [0, 0.1) is 11.6 Å². The van der Waals surface area contributed by atoms with Gasteiger partial charge in [-0.3, -0.25) is 14.4 Å². The Morgan fingerprint density at radius 2 is 1.84 bits per heavy atom. The van der Waals surface area contributed by atoms with E-state index in [4.69, 9.17) is 11.6 Å². The molecule has 2 heterocycles. The number of amides is 2. The Morgan fingerprint density at radius 3 is 2.45 bits per heavy atom. The molecule has 12 heteroatoms. The molecule has 1 aromatic heterocycles. The van der Waals surface area contributed by atoms with Crippen LogP contribution in [0.5, 0.6) is 0 Å². The van der Waals surface area contributed by atoms with Gasteiger partial charge < -0.3 is 15.2 Å². The van der Waals surface area contributed by atoms with Crippen LogP contribution in [0.25, 0.3) is 0 Å². The Morgan fingerprint density at radius 1 is 1.16 bits per heavy atom. The molecule has 1 atom stereocenters. The molecule has 1 aliphatic rings. The highest BCUT2D eigenvalue weighted by molar-refractivity contribution is 6.48. The van der Waals surface area contributed by atoms with Crippen LogP contribution in [0.1, 0.15) is 39.9 Å². The number of nitrogens with zero attached hydrogens (tertiary/aromatic N) is 1. The second kappa shape index (κ2) is 8.29. The van der Waals surface area contributed by atoms with Crippen molar-refractivity contribution in [2.75, 3.05) is 5.32 Å². The van der Waals surface area contributed by atoms with Gasteiger partial charge in [0, 0.05) is 24.0 Å². The number of aromatic nitrogens is 1. The summed E-state index contributed by atoms with van der Waals surface area (Å²) in [6, 6.07) is 0.387. The molecule has 1 aromatic carbocycles. The van der Waals surface area contributed by atoms with Crippen LogP contribution in [-0.4, -0.2) is 34.4 Å². The van der Waals surface area contributed by atoms with E-state index in [1.165, 1.54) is 4.57 Å². The lowest BCUT2D eigenvalue weighted by Gasteiger charge is -2.16. The van der Waals surface area contributed by atoms with Crippen LogP contribution in [-0.2, 0) is 17.8 Å². The summed E-state index contributed by atoms with van der Waals surface area (Å²) in [6.07, 6.45) is -3.94. The Labute approximate surface area is 177 Å². The molecule has 2 N–H and O–H groups in total. The van der Waals surface area contributed by atoms with Gasteiger partial charge in [0.25, 0.3) is 17.6 Å². The van der Waals surface area contributed by atoms with E-state index in [1.54, 1.807) is 5.32 Å². The van der Waals surface area contributed by atoms with Gasteiger partial charge in [0.05, 0.1) is 10.6 Å². The zero-order valence-electron chi connectivity index (χ0n) is 15.9. The molecule has 3 rings (SSSR count). The lowest BCUT2D eigenvalue weighted by Crippen LogP contribution is -2.46. The molecule has 1 aliphatic heterocycles. The third-order valence-corrected chi connectivity index (χ3v) is 5.14. The molecule has 1 unspecified atom stereocenters. The van der Waals surface area contributed by atoms with Crippen molar-refractivity contribution in [2.24, 2.45) is 0 Å². The lowest BCUT2D eigenvalue weighted by atomic mass is 10.1. The molecule has 0 saturated heterocycles. The number of fused-ring (bicyclic) bond motifs is 1. The average Bonchev–Trinajstić information content (AvgIpc) is 3.22. The third-order valence-electron chi connectivity index (χ3n) is 4.77. The number of carbonyl (C=O) groups excluding carboxylic acids is 3. The number of hydrogen-bond acceptors (Lipinski definition) is 3.